The van der Waals surface area contributed by atoms with Gasteiger partial charge in [0.2, 0.25) is 5.88 Å². The number of anilines is 1. The summed E-state index contributed by atoms with van der Waals surface area (Å²) in [6.07, 6.45) is 4.27. The van der Waals surface area contributed by atoms with E-state index in [4.69, 9.17) is 9.84 Å². The molecule has 3 rings (SSSR count). The number of hydrogen-bond acceptors (Lipinski definition) is 5. The van der Waals surface area contributed by atoms with Crippen molar-refractivity contribution >= 4 is 11.7 Å². The van der Waals surface area contributed by atoms with Crippen LogP contribution >= 0.6 is 0 Å². The summed E-state index contributed by atoms with van der Waals surface area (Å²) in [6, 6.07) is 2.44. The lowest BCUT2D eigenvalue weighted by Gasteiger charge is -2.20. The zero-order chi connectivity index (χ0) is 19.4. The Hall–Kier alpha value is -2.77. The van der Waals surface area contributed by atoms with Gasteiger partial charge in [0.1, 0.15) is 17.3 Å². The molecule has 1 atom stereocenters. The summed E-state index contributed by atoms with van der Waals surface area (Å²) in [5.41, 5.74) is 0.459. The van der Waals surface area contributed by atoms with Gasteiger partial charge in [-0.25, -0.2) is 13.8 Å². The maximum atomic E-state index is 14.7. The monoisotopic (exact) mass is 377 g/mol. The summed E-state index contributed by atoms with van der Waals surface area (Å²) in [4.78, 5) is 20.7. The first-order chi connectivity index (χ1) is 13.0. The molecule has 0 radical (unpaired) electrons. The maximum Gasteiger partial charge on any atom is 0.303 e. The molecule has 1 N–H and O–H groups in total. The molecule has 6 nitrogen and oxygen atoms in total. The number of carbonyl (C=O) groups is 1. The number of rotatable bonds is 7. The average Bonchev–Trinajstić information content (AvgIpc) is 3.06. The van der Waals surface area contributed by atoms with E-state index < -0.39 is 17.6 Å². The molecule has 144 valence electrons. The van der Waals surface area contributed by atoms with E-state index in [1.165, 1.54) is 24.5 Å². The smallest absolute Gasteiger partial charge is 0.303 e. The van der Waals surface area contributed by atoms with Crippen LogP contribution in [0.25, 0.3) is 11.3 Å². The minimum atomic E-state index is -0.901. The Morgan fingerprint density at radius 1 is 1.33 bits per heavy atom. The SMILES string of the molecule is CCCOc1cncc(-c2cc(F)c(N3CCC(CC(=O)O)C3)c(F)c2)n1. The van der Waals surface area contributed by atoms with E-state index >= 15 is 0 Å². The van der Waals surface area contributed by atoms with Gasteiger partial charge >= 0.3 is 5.97 Å². The van der Waals surface area contributed by atoms with Crippen LogP contribution in [0.15, 0.2) is 24.5 Å². The molecule has 0 bridgehead atoms. The van der Waals surface area contributed by atoms with Crippen LogP contribution in [0.5, 0.6) is 5.88 Å². The van der Waals surface area contributed by atoms with Crippen molar-refractivity contribution in [2.45, 2.75) is 26.2 Å². The van der Waals surface area contributed by atoms with Crippen LogP contribution in [0.1, 0.15) is 26.2 Å². The summed E-state index contributed by atoms with van der Waals surface area (Å²) in [5.74, 6) is -2.12. The zero-order valence-corrected chi connectivity index (χ0v) is 15.0. The van der Waals surface area contributed by atoms with E-state index in [0.29, 0.717) is 37.7 Å². The van der Waals surface area contributed by atoms with Gasteiger partial charge in [-0.2, -0.15) is 0 Å². The number of carboxylic acids is 1. The fourth-order valence-electron chi connectivity index (χ4n) is 3.23. The van der Waals surface area contributed by atoms with Gasteiger partial charge in [-0.3, -0.25) is 9.78 Å². The average molecular weight is 377 g/mol. The number of aliphatic carboxylic acids is 1. The Labute approximate surface area is 155 Å². The Morgan fingerprint density at radius 3 is 2.74 bits per heavy atom. The fourth-order valence-corrected chi connectivity index (χ4v) is 3.23. The van der Waals surface area contributed by atoms with Crippen molar-refractivity contribution in [1.82, 2.24) is 9.97 Å². The molecular weight excluding hydrogens is 356 g/mol. The highest BCUT2D eigenvalue weighted by Crippen LogP contribution is 2.33. The largest absolute Gasteiger partial charge is 0.481 e. The first-order valence-corrected chi connectivity index (χ1v) is 8.89. The molecule has 1 saturated heterocycles. The number of halogens is 2. The van der Waals surface area contributed by atoms with Crippen molar-refractivity contribution < 1.29 is 23.4 Å². The van der Waals surface area contributed by atoms with E-state index in [9.17, 15) is 13.6 Å². The predicted octanol–water partition coefficient (Wildman–Crippen LogP) is 3.51. The Kier molecular flexibility index (Phi) is 5.83. The normalized spacial score (nSPS) is 16.6. The molecule has 1 aliphatic rings. The summed E-state index contributed by atoms with van der Waals surface area (Å²) in [7, 11) is 0. The number of benzene rings is 1. The van der Waals surface area contributed by atoms with Crippen molar-refractivity contribution in [3.63, 3.8) is 0 Å². The zero-order valence-electron chi connectivity index (χ0n) is 15.0. The first-order valence-electron chi connectivity index (χ1n) is 8.89. The second-order valence-electron chi connectivity index (χ2n) is 6.58. The summed E-state index contributed by atoms with van der Waals surface area (Å²) >= 11 is 0. The molecule has 1 aromatic carbocycles. The van der Waals surface area contributed by atoms with Gasteiger partial charge in [0, 0.05) is 25.1 Å². The minimum Gasteiger partial charge on any atom is -0.481 e. The van der Waals surface area contributed by atoms with Crippen molar-refractivity contribution in [3.8, 4) is 17.1 Å². The van der Waals surface area contributed by atoms with E-state index in [-0.39, 0.29) is 23.6 Å². The van der Waals surface area contributed by atoms with Crippen LogP contribution < -0.4 is 9.64 Å². The predicted molar refractivity (Wildman–Crippen MR) is 95.7 cm³/mol. The summed E-state index contributed by atoms with van der Waals surface area (Å²) in [6.45, 7) is 3.18. The number of hydrogen-bond donors (Lipinski definition) is 1. The number of aromatic nitrogens is 2. The van der Waals surface area contributed by atoms with Crippen LogP contribution in [0, 0.1) is 17.6 Å². The van der Waals surface area contributed by atoms with Gasteiger partial charge in [0.05, 0.1) is 24.7 Å². The van der Waals surface area contributed by atoms with Gasteiger partial charge in [0.15, 0.2) is 0 Å². The maximum absolute atomic E-state index is 14.7. The Bertz CT molecular complexity index is 809. The number of nitrogens with zero attached hydrogens (tertiary/aromatic N) is 3. The highest BCUT2D eigenvalue weighted by atomic mass is 19.1. The molecule has 1 aliphatic heterocycles. The lowest BCUT2D eigenvalue weighted by atomic mass is 10.1. The fraction of sp³-hybridized carbons (Fsp3) is 0.421. The Morgan fingerprint density at radius 2 is 2.07 bits per heavy atom. The third-order valence-electron chi connectivity index (χ3n) is 4.44. The number of carboxylic acid groups (broad SMARTS) is 1. The molecule has 2 aromatic rings. The first kappa shape index (κ1) is 19.0. The van der Waals surface area contributed by atoms with Crippen LogP contribution in [-0.2, 0) is 4.79 Å². The van der Waals surface area contributed by atoms with Gasteiger partial charge in [-0.15, -0.1) is 0 Å². The summed E-state index contributed by atoms with van der Waals surface area (Å²) < 4.78 is 34.7. The van der Waals surface area contributed by atoms with Gasteiger partial charge in [0.25, 0.3) is 0 Å². The molecule has 0 spiro atoms. The van der Waals surface area contributed by atoms with Crippen LogP contribution in [0.4, 0.5) is 14.5 Å². The van der Waals surface area contributed by atoms with Crippen molar-refractivity contribution in [2.24, 2.45) is 5.92 Å². The lowest BCUT2D eigenvalue weighted by Crippen LogP contribution is -2.23. The quantitative estimate of drug-likeness (QED) is 0.796. The van der Waals surface area contributed by atoms with Crippen LogP contribution in [0.3, 0.4) is 0 Å². The standard InChI is InChI=1S/C19H21F2N3O3/c1-2-5-27-17-10-22-9-16(23-17)13-7-14(20)19(15(21)8-13)24-4-3-12(11-24)6-18(25)26/h7-10,12H,2-6,11H2,1H3,(H,25,26). The molecule has 8 heteroatoms. The summed E-state index contributed by atoms with van der Waals surface area (Å²) in [5, 5.41) is 8.89. The third-order valence-corrected chi connectivity index (χ3v) is 4.44. The number of ether oxygens (including phenoxy) is 1. The van der Waals surface area contributed by atoms with Crippen molar-refractivity contribution in [2.75, 3.05) is 24.6 Å². The second kappa shape index (κ2) is 8.28. The van der Waals surface area contributed by atoms with Gasteiger partial charge in [-0.05, 0) is 30.9 Å². The van der Waals surface area contributed by atoms with E-state index in [0.717, 1.165) is 6.42 Å². The molecule has 0 amide bonds. The van der Waals surface area contributed by atoms with E-state index in [2.05, 4.69) is 9.97 Å². The van der Waals surface area contributed by atoms with Crippen LogP contribution in [0.2, 0.25) is 0 Å². The molecule has 1 unspecified atom stereocenters. The Balaban J connectivity index is 1.82. The second-order valence-corrected chi connectivity index (χ2v) is 6.58. The molecule has 0 saturated carbocycles. The molecule has 1 fully saturated rings. The van der Waals surface area contributed by atoms with E-state index in [1.807, 2.05) is 6.92 Å². The molecule has 1 aromatic heterocycles. The molecule has 2 heterocycles. The molecular formula is C19H21F2N3O3. The molecule has 27 heavy (non-hydrogen) atoms. The van der Waals surface area contributed by atoms with Gasteiger partial charge < -0.3 is 14.7 Å². The van der Waals surface area contributed by atoms with Crippen LogP contribution in [-0.4, -0.2) is 40.7 Å². The lowest BCUT2D eigenvalue weighted by molar-refractivity contribution is -0.137. The van der Waals surface area contributed by atoms with E-state index in [1.54, 1.807) is 4.90 Å². The highest BCUT2D eigenvalue weighted by molar-refractivity contribution is 5.68. The molecule has 0 aliphatic carbocycles. The van der Waals surface area contributed by atoms with Crippen molar-refractivity contribution in [3.05, 3.63) is 36.2 Å². The van der Waals surface area contributed by atoms with Gasteiger partial charge in [-0.1, -0.05) is 6.92 Å². The minimum absolute atomic E-state index is 0.00202. The third kappa shape index (κ3) is 4.50. The van der Waals surface area contributed by atoms with Crippen molar-refractivity contribution in [1.29, 1.82) is 0 Å². The topological polar surface area (TPSA) is 75.5 Å². The highest BCUT2D eigenvalue weighted by Gasteiger charge is 2.28.